The first-order valence-electron chi connectivity index (χ1n) is 2.15. The van der Waals surface area contributed by atoms with E-state index in [0.29, 0.717) is 0 Å². The van der Waals surface area contributed by atoms with Crippen molar-refractivity contribution in [3.05, 3.63) is 6.10 Å². The van der Waals surface area contributed by atoms with Crippen molar-refractivity contribution in [2.45, 2.75) is 19.3 Å². The second-order valence-electron chi connectivity index (χ2n) is 1.51. The predicted octanol–water partition coefficient (Wildman–Crippen LogP) is 0.593. The van der Waals surface area contributed by atoms with E-state index in [1.54, 1.807) is 0 Å². The Labute approximate surface area is 37.2 Å². The van der Waals surface area contributed by atoms with Crippen LogP contribution >= 0.6 is 0 Å². The maximum Gasteiger partial charge on any atom is 0.120 e. The molecule has 1 aliphatic carbocycles. The summed E-state index contributed by atoms with van der Waals surface area (Å²) in [5.41, 5.74) is 0. The lowest BCUT2D eigenvalue weighted by molar-refractivity contribution is 0.0939. The molecule has 35 valence electrons. The fourth-order valence-corrected chi connectivity index (χ4v) is 0.439. The minimum atomic E-state index is 1.05. The van der Waals surface area contributed by atoms with E-state index in [2.05, 4.69) is 4.84 Å². The Morgan fingerprint density at radius 1 is 1.50 bits per heavy atom. The van der Waals surface area contributed by atoms with E-state index in [-0.39, 0.29) is 0 Å². The van der Waals surface area contributed by atoms with Gasteiger partial charge in [-0.15, -0.1) is 0 Å². The van der Waals surface area contributed by atoms with Gasteiger partial charge < -0.3 is 0 Å². The van der Waals surface area contributed by atoms with Crippen LogP contribution in [-0.2, 0) is 4.84 Å². The van der Waals surface area contributed by atoms with Gasteiger partial charge in [0.1, 0.15) is 6.10 Å². The predicted molar refractivity (Wildman–Crippen MR) is 22.4 cm³/mol. The highest BCUT2D eigenvalue weighted by Crippen LogP contribution is 2.27. The van der Waals surface area contributed by atoms with E-state index in [1.165, 1.54) is 6.42 Å². The highest BCUT2D eigenvalue weighted by Gasteiger charge is 2.17. The third kappa shape index (κ3) is 0.533. The summed E-state index contributed by atoms with van der Waals surface area (Å²) in [6, 6.07) is 0. The summed E-state index contributed by atoms with van der Waals surface area (Å²) in [5, 5.41) is 0. The smallest absolute Gasteiger partial charge is 0.120 e. The molecular formula is C4H8NO. The Balaban J connectivity index is 2.01. The molecule has 0 spiro atoms. The van der Waals surface area contributed by atoms with E-state index in [1.807, 2.05) is 0 Å². The molecule has 2 nitrogen and oxygen atoms in total. The van der Waals surface area contributed by atoms with Gasteiger partial charge in [-0.05, 0) is 19.3 Å². The van der Waals surface area contributed by atoms with Crippen LogP contribution in [-0.4, -0.2) is 0 Å². The minimum Gasteiger partial charge on any atom is -0.295 e. The largest absolute Gasteiger partial charge is 0.295 e. The summed E-state index contributed by atoms with van der Waals surface area (Å²) < 4.78 is 0. The average molecular weight is 86.1 g/mol. The fraction of sp³-hybridized carbons (Fsp3) is 0.750. The first-order valence-corrected chi connectivity index (χ1v) is 2.15. The molecule has 0 aromatic heterocycles. The van der Waals surface area contributed by atoms with Crippen LogP contribution in [0.5, 0.6) is 0 Å². The van der Waals surface area contributed by atoms with E-state index in [9.17, 15) is 0 Å². The van der Waals surface area contributed by atoms with Crippen LogP contribution in [0, 0.1) is 6.10 Å². The number of nitrogens with two attached hydrogens (primary N) is 1. The van der Waals surface area contributed by atoms with Gasteiger partial charge >= 0.3 is 0 Å². The fourth-order valence-electron chi connectivity index (χ4n) is 0.439. The molecule has 2 heteroatoms. The Bertz CT molecular complexity index is 40.1. The normalized spacial score (nSPS) is 23.5. The van der Waals surface area contributed by atoms with Crippen LogP contribution in [0.4, 0.5) is 0 Å². The molecule has 6 heavy (non-hydrogen) atoms. The van der Waals surface area contributed by atoms with Crippen LogP contribution in [0.3, 0.4) is 0 Å². The van der Waals surface area contributed by atoms with Crippen LogP contribution in [0.25, 0.3) is 0 Å². The molecule has 2 N–H and O–H groups in total. The Morgan fingerprint density at radius 2 is 2.17 bits per heavy atom. The molecule has 0 aromatic rings. The zero-order valence-electron chi connectivity index (χ0n) is 3.61. The lowest BCUT2D eigenvalue weighted by Crippen LogP contribution is -2.15. The zero-order chi connectivity index (χ0) is 4.41. The van der Waals surface area contributed by atoms with E-state index in [0.717, 1.165) is 18.9 Å². The number of hydrogen-bond donors (Lipinski definition) is 1. The maximum atomic E-state index is 4.80. The van der Waals surface area contributed by atoms with Crippen molar-refractivity contribution >= 4 is 0 Å². The molecular weight excluding hydrogens is 78.0 g/mol. The van der Waals surface area contributed by atoms with Crippen LogP contribution < -0.4 is 5.90 Å². The molecule has 0 bridgehead atoms. The summed E-state index contributed by atoms with van der Waals surface area (Å²) in [5.74, 6) is 4.80. The highest BCUT2D eigenvalue weighted by atomic mass is 16.6. The molecule has 0 unspecified atom stereocenters. The van der Waals surface area contributed by atoms with Crippen molar-refractivity contribution in [1.29, 1.82) is 0 Å². The molecule has 0 aromatic carbocycles. The van der Waals surface area contributed by atoms with Crippen molar-refractivity contribution in [3.63, 3.8) is 0 Å². The van der Waals surface area contributed by atoms with Crippen molar-refractivity contribution < 1.29 is 4.84 Å². The second-order valence-corrected chi connectivity index (χ2v) is 1.51. The molecule has 1 fully saturated rings. The van der Waals surface area contributed by atoms with E-state index >= 15 is 0 Å². The quantitative estimate of drug-likeness (QED) is 0.474. The Morgan fingerprint density at radius 3 is 2.17 bits per heavy atom. The standard InChI is InChI=1S/C4H8NO/c5-6-4-2-1-3-4/h1-3,5H2. The lowest BCUT2D eigenvalue weighted by atomic mass is 9.97. The second kappa shape index (κ2) is 1.58. The molecule has 0 heterocycles. The van der Waals surface area contributed by atoms with Gasteiger partial charge in [-0.1, -0.05) is 0 Å². The first-order chi connectivity index (χ1) is 2.93. The van der Waals surface area contributed by atoms with Crippen LogP contribution in [0.2, 0.25) is 0 Å². The minimum absolute atomic E-state index is 1.05. The molecule has 1 rings (SSSR count). The molecule has 0 aliphatic heterocycles. The summed E-state index contributed by atoms with van der Waals surface area (Å²) in [6.07, 6.45) is 4.47. The summed E-state index contributed by atoms with van der Waals surface area (Å²) in [4.78, 5) is 4.40. The van der Waals surface area contributed by atoms with E-state index < -0.39 is 0 Å². The first kappa shape index (κ1) is 4.09. The van der Waals surface area contributed by atoms with Crippen molar-refractivity contribution in [2.24, 2.45) is 5.90 Å². The van der Waals surface area contributed by atoms with Crippen LogP contribution in [0.1, 0.15) is 19.3 Å². The molecule has 1 saturated carbocycles. The van der Waals surface area contributed by atoms with Gasteiger partial charge in [-0.25, -0.2) is 5.90 Å². The van der Waals surface area contributed by atoms with E-state index in [4.69, 9.17) is 5.90 Å². The average Bonchev–Trinajstić information content (AvgIpc) is 1.31. The van der Waals surface area contributed by atoms with Crippen molar-refractivity contribution in [2.75, 3.05) is 0 Å². The topological polar surface area (TPSA) is 35.2 Å². The van der Waals surface area contributed by atoms with Gasteiger partial charge in [-0.3, -0.25) is 4.84 Å². The molecule has 0 saturated heterocycles. The van der Waals surface area contributed by atoms with Gasteiger partial charge in [0, 0.05) is 0 Å². The summed E-state index contributed by atoms with van der Waals surface area (Å²) in [6.45, 7) is 0. The van der Waals surface area contributed by atoms with Gasteiger partial charge in [0.15, 0.2) is 0 Å². The summed E-state index contributed by atoms with van der Waals surface area (Å²) in [7, 11) is 0. The SMILES string of the molecule is NO[C]1CCC1. The molecule has 1 radical (unpaired) electrons. The van der Waals surface area contributed by atoms with Gasteiger partial charge in [0.25, 0.3) is 0 Å². The van der Waals surface area contributed by atoms with Gasteiger partial charge in [0.2, 0.25) is 0 Å². The third-order valence-electron chi connectivity index (χ3n) is 1.08. The molecule has 0 amide bonds. The van der Waals surface area contributed by atoms with Crippen molar-refractivity contribution in [1.82, 2.24) is 0 Å². The Hall–Kier alpha value is -0.0800. The zero-order valence-corrected chi connectivity index (χ0v) is 3.61. The highest BCUT2D eigenvalue weighted by molar-refractivity contribution is 4.86. The lowest BCUT2D eigenvalue weighted by Gasteiger charge is -2.20. The third-order valence-corrected chi connectivity index (χ3v) is 1.08. The summed E-state index contributed by atoms with van der Waals surface area (Å²) >= 11 is 0. The van der Waals surface area contributed by atoms with Gasteiger partial charge in [0.05, 0.1) is 0 Å². The number of rotatable bonds is 1. The van der Waals surface area contributed by atoms with Crippen molar-refractivity contribution in [3.8, 4) is 0 Å². The molecule has 0 atom stereocenters. The number of hydrogen-bond acceptors (Lipinski definition) is 2. The Kier molecular flexibility index (Phi) is 1.08. The van der Waals surface area contributed by atoms with Crippen LogP contribution in [0.15, 0.2) is 0 Å². The molecule has 1 aliphatic rings. The maximum absolute atomic E-state index is 4.80. The monoisotopic (exact) mass is 86.1 g/mol. The van der Waals surface area contributed by atoms with Gasteiger partial charge in [-0.2, -0.15) is 0 Å².